The lowest BCUT2D eigenvalue weighted by Crippen LogP contribution is -2.38. The number of nitrogens with zero attached hydrogens (tertiary/aromatic N) is 4. The van der Waals surface area contributed by atoms with Crippen LogP contribution in [0, 0.1) is 19.3 Å². The van der Waals surface area contributed by atoms with E-state index in [4.69, 9.17) is 9.72 Å². The lowest BCUT2D eigenvalue weighted by molar-refractivity contribution is 0.0696. The first-order valence-corrected chi connectivity index (χ1v) is 15.1. The van der Waals surface area contributed by atoms with Crippen LogP contribution in [-0.2, 0) is 6.54 Å². The van der Waals surface area contributed by atoms with E-state index in [1.54, 1.807) is 30.6 Å². The number of aromatic nitrogens is 4. The largest absolute Gasteiger partial charge is 0.478 e. The quantitative estimate of drug-likeness (QED) is 0.137. The van der Waals surface area contributed by atoms with Crippen molar-refractivity contribution in [3.8, 4) is 17.1 Å². The Morgan fingerprint density at radius 3 is 2.40 bits per heavy atom. The third-order valence-electron chi connectivity index (χ3n) is 6.29. The van der Waals surface area contributed by atoms with E-state index in [9.17, 15) is 9.90 Å². The number of ether oxygens (including phenoxy) is 1. The fourth-order valence-corrected chi connectivity index (χ4v) is 5.31. The third-order valence-corrected chi connectivity index (χ3v) is 7.48. The summed E-state index contributed by atoms with van der Waals surface area (Å²) in [5.74, 6) is 0.517. The normalized spacial score (nSPS) is 12.1. The van der Waals surface area contributed by atoms with Gasteiger partial charge in [0.25, 0.3) is 0 Å². The summed E-state index contributed by atoms with van der Waals surface area (Å²) in [6, 6.07) is 14.7. The number of carbonyl (C=O) groups is 1. The molecule has 0 amide bonds. The maximum Gasteiger partial charge on any atom is 0.335 e. The van der Waals surface area contributed by atoms with Crippen molar-refractivity contribution in [2.45, 2.75) is 58.5 Å². The Labute approximate surface area is 259 Å². The minimum Gasteiger partial charge on any atom is -0.478 e. The van der Waals surface area contributed by atoms with Crippen molar-refractivity contribution < 1.29 is 14.6 Å². The highest BCUT2D eigenvalue weighted by atomic mass is 79.9. The molecule has 11 heteroatoms. The Hall–Kier alpha value is -3.54. The number of aryl methyl sites for hydroxylation is 2. The molecule has 0 aliphatic carbocycles. The lowest BCUT2D eigenvalue weighted by atomic mass is 9.88. The summed E-state index contributed by atoms with van der Waals surface area (Å²) in [6.45, 7) is 11.6. The zero-order chi connectivity index (χ0) is 30.3. The van der Waals surface area contributed by atoms with Gasteiger partial charge in [0, 0.05) is 35.0 Å². The lowest BCUT2D eigenvalue weighted by Gasteiger charge is -2.26. The van der Waals surface area contributed by atoms with Gasteiger partial charge in [-0.3, -0.25) is 4.72 Å². The number of anilines is 1. The van der Waals surface area contributed by atoms with Gasteiger partial charge >= 0.3 is 5.97 Å². The van der Waals surface area contributed by atoms with Gasteiger partial charge in [0.2, 0.25) is 11.8 Å². The molecule has 0 bridgehead atoms. The number of carboxylic acids is 1. The predicted octanol–water partition coefficient (Wildman–Crippen LogP) is 7.10. The number of nitrogens with one attached hydrogen (secondary N) is 2. The van der Waals surface area contributed by atoms with Crippen LogP contribution in [0.3, 0.4) is 0 Å². The van der Waals surface area contributed by atoms with Gasteiger partial charge in [-0.05, 0) is 82.9 Å². The van der Waals surface area contributed by atoms with E-state index in [0.29, 0.717) is 30.8 Å². The molecule has 2 aromatic heterocycles. The van der Waals surface area contributed by atoms with Crippen molar-refractivity contribution >= 4 is 39.8 Å². The molecule has 2 aromatic carbocycles. The minimum atomic E-state index is -0.980. The molecular formula is C31H35BrN6O3S. The summed E-state index contributed by atoms with van der Waals surface area (Å²) >= 11 is 4.62. The van der Waals surface area contributed by atoms with Gasteiger partial charge in [-0.1, -0.05) is 45.0 Å². The van der Waals surface area contributed by atoms with E-state index in [1.807, 2.05) is 18.2 Å². The second kappa shape index (κ2) is 14.1. The van der Waals surface area contributed by atoms with Gasteiger partial charge in [-0.2, -0.15) is 4.98 Å². The van der Waals surface area contributed by atoms with Crippen molar-refractivity contribution in [3.05, 3.63) is 87.9 Å². The first-order valence-electron chi connectivity index (χ1n) is 13.5. The standard InChI is InChI=1S/C31H35BrN6O3S/c1-19-8-6-9-20(2)28(19)25-13-27(37-30(36-25)38-42-24-11-7-10-21(12-24)29(39)40)41-18-23(14-31(3,4)5)33-17-26-34-15-22(32)16-35-26/h6-13,15-16,23,33H,14,17-18H2,1-5H3,(H,39,40)(H,36,37,38). The highest BCUT2D eigenvalue weighted by Crippen LogP contribution is 2.30. The third kappa shape index (κ3) is 9.23. The van der Waals surface area contributed by atoms with Crippen LogP contribution < -0.4 is 14.8 Å². The molecule has 42 heavy (non-hydrogen) atoms. The molecule has 0 aliphatic heterocycles. The second-order valence-electron chi connectivity index (χ2n) is 11.2. The van der Waals surface area contributed by atoms with Crippen molar-refractivity contribution in [3.63, 3.8) is 0 Å². The van der Waals surface area contributed by atoms with E-state index in [0.717, 1.165) is 38.2 Å². The van der Waals surface area contributed by atoms with E-state index in [-0.39, 0.29) is 17.0 Å². The summed E-state index contributed by atoms with van der Waals surface area (Å²) in [5.41, 5.74) is 4.21. The summed E-state index contributed by atoms with van der Waals surface area (Å²) in [5, 5.41) is 12.9. The van der Waals surface area contributed by atoms with Gasteiger partial charge in [-0.15, -0.1) is 0 Å². The Morgan fingerprint density at radius 2 is 1.74 bits per heavy atom. The molecule has 4 rings (SSSR count). The number of rotatable bonds is 12. The molecule has 0 fully saturated rings. The molecule has 1 unspecified atom stereocenters. The molecule has 3 N–H and O–H groups in total. The van der Waals surface area contributed by atoms with E-state index >= 15 is 0 Å². The number of aromatic carboxylic acids is 1. The van der Waals surface area contributed by atoms with Crippen molar-refractivity contribution in [2.24, 2.45) is 5.41 Å². The molecule has 4 aromatic rings. The molecule has 0 saturated carbocycles. The van der Waals surface area contributed by atoms with E-state index in [1.165, 1.54) is 11.9 Å². The molecule has 0 saturated heterocycles. The summed E-state index contributed by atoms with van der Waals surface area (Å²) in [6.07, 6.45) is 4.33. The fourth-order valence-electron chi connectivity index (χ4n) is 4.47. The highest BCUT2D eigenvalue weighted by molar-refractivity contribution is 9.10. The van der Waals surface area contributed by atoms with Crippen LogP contribution in [0.5, 0.6) is 5.88 Å². The SMILES string of the molecule is Cc1cccc(C)c1-c1cc(OCC(CC(C)(C)C)NCc2ncc(Br)cn2)nc(NSc2cccc(C(=O)O)c2)n1. The maximum atomic E-state index is 11.4. The molecule has 0 radical (unpaired) electrons. The van der Waals surface area contributed by atoms with Crippen LogP contribution in [0.25, 0.3) is 11.3 Å². The zero-order valence-corrected chi connectivity index (χ0v) is 26.7. The number of hydrogen-bond acceptors (Lipinski definition) is 9. The molecule has 0 spiro atoms. The van der Waals surface area contributed by atoms with Crippen LogP contribution in [0.1, 0.15) is 54.5 Å². The summed E-state index contributed by atoms with van der Waals surface area (Å²) in [7, 11) is 0. The highest BCUT2D eigenvalue weighted by Gasteiger charge is 2.21. The number of benzene rings is 2. The van der Waals surface area contributed by atoms with Gasteiger partial charge in [0.05, 0.1) is 22.3 Å². The average molecular weight is 652 g/mol. The van der Waals surface area contributed by atoms with Crippen molar-refractivity contribution in [2.75, 3.05) is 11.3 Å². The van der Waals surface area contributed by atoms with E-state index in [2.05, 4.69) is 87.7 Å². The summed E-state index contributed by atoms with van der Waals surface area (Å²) in [4.78, 5) is 30.3. The average Bonchev–Trinajstić information content (AvgIpc) is 2.93. The Morgan fingerprint density at radius 1 is 1.05 bits per heavy atom. The van der Waals surface area contributed by atoms with E-state index < -0.39 is 5.97 Å². The molecule has 9 nitrogen and oxygen atoms in total. The maximum absolute atomic E-state index is 11.4. The predicted molar refractivity (Wildman–Crippen MR) is 170 cm³/mol. The molecule has 220 valence electrons. The smallest absolute Gasteiger partial charge is 0.335 e. The zero-order valence-electron chi connectivity index (χ0n) is 24.3. The molecular weight excluding hydrogens is 616 g/mol. The van der Waals surface area contributed by atoms with Crippen molar-refractivity contribution in [1.29, 1.82) is 0 Å². The van der Waals surface area contributed by atoms with Gasteiger partial charge in [-0.25, -0.2) is 19.7 Å². The van der Waals surface area contributed by atoms with Gasteiger partial charge < -0.3 is 15.2 Å². The van der Waals surface area contributed by atoms with Crippen LogP contribution in [0.2, 0.25) is 0 Å². The first-order chi connectivity index (χ1) is 20.0. The summed E-state index contributed by atoms with van der Waals surface area (Å²) < 4.78 is 10.3. The topological polar surface area (TPSA) is 122 Å². The number of halogens is 1. The second-order valence-corrected chi connectivity index (χ2v) is 13.0. The van der Waals surface area contributed by atoms with Crippen LogP contribution in [0.15, 0.2) is 70.3 Å². The number of hydrogen-bond donors (Lipinski definition) is 3. The van der Waals surface area contributed by atoms with Crippen LogP contribution >= 0.6 is 27.9 Å². The van der Waals surface area contributed by atoms with Gasteiger partial charge in [0.1, 0.15) is 12.4 Å². The number of carboxylic acid groups (broad SMARTS) is 1. The fraction of sp³-hybridized carbons (Fsp3) is 0.323. The molecule has 1 atom stereocenters. The minimum absolute atomic E-state index is 0.0143. The first kappa shape index (κ1) is 31.4. The Bertz CT molecular complexity index is 1510. The molecule has 2 heterocycles. The monoisotopic (exact) mass is 650 g/mol. The molecule has 0 aliphatic rings. The van der Waals surface area contributed by atoms with Gasteiger partial charge in [0.15, 0.2) is 0 Å². The van der Waals surface area contributed by atoms with Crippen molar-refractivity contribution in [1.82, 2.24) is 25.3 Å². The Balaban J connectivity index is 1.57. The van der Waals surface area contributed by atoms with Crippen LogP contribution in [0.4, 0.5) is 5.95 Å². The van der Waals surface area contributed by atoms with Crippen LogP contribution in [-0.4, -0.2) is 43.7 Å². The Kier molecular flexibility index (Phi) is 10.5.